The van der Waals surface area contributed by atoms with Crippen LogP contribution in [0.25, 0.3) is 34.4 Å². The summed E-state index contributed by atoms with van der Waals surface area (Å²) in [6.07, 6.45) is 7.02. The molecule has 0 aliphatic rings. The van der Waals surface area contributed by atoms with Crippen LogP contribution in [0.3, 0.4) is 0 Å². The number of nitrogens with two attached hydrogens (primary N) is 1. The van der Waals surface area contributed by atoms with Gasteiger partial charge in [-0.15, -0.1) is 16.4 Å². The summed E-state index contributed by atoms with van der Waals surface area (Å²) in [6, 6.07) is 16.7. The zero-order valence-corrected chi connectivity index (χ0v) is 22.2. The van der Waals surface area contributed by atoms with Gasteiger partial charge in [-0.1, -0.05) is 43.3 Å². The highest BCUT2D eigenvalue weighted by Gasteiger charge is 2.23. The minimum Gasteiger partial charge on any atom is -0.381 e. The Bertz CT molecular complexity index is 1930. The Morgan fingerprint density at radius 1 is 1.10 bits per heavy atom. The molecule has 10 nitrogen and oxygen atoms in total. The fraction of sp³-hybridized carbons (Fsp3) is 0.103. The molecule has 1 atom stereocenters. The van der Waals surface area contributed by atoms with E-state index in [0.717, 1.165) is 11.3 Å². The normalized spacial score (nSPS) is 12.3. The smallest absolute Gasteiger partial charge is 0.266 e. The van der Waals surface area contributed by atoms with Crippen molar-refractivity contribution < 1.29 is 4.79 Å². The molecule has 1 amide bonds. The third-order valence-electron chi connectivity index (χ3n) is 6.51. The molecule has 2 aromatic carbocycles. The summed E-state index contributed by atoms with van der Waals surface area (Å²) in [5.74, 6) is -0.115. The van der Waals surface area contributed by atoms with E-state index in [9.17, 15) is 9.59 Å². The first-order valence-electron chi connectivity index (χ1n) is 12.6. The number of rotatable bonds is 7. The van der Waals surface area contributed by atoms with Crippen LogP contribution < -0.4 is 16.6 Å². The number of aromatic nitrogens is 6. The maximum atomic E-state index is 14.1. The largest absolute Gasteiger partial charge is 0.381 e. The Morgan fingerprint density at radius 2 is 1.95 bits per heavy atom. The number of nitrogens with one attached hydrogen (secondary N) is 1. The van der Waals surface area contributed by atoms with Gasteiger partial charge < -0.3 is 11.1 Å². The summed E-state index contributed by atoms with van der Waals surface area (Å²) in [5, 5.41) is 9.53. The fourth-order valence-electron chi connectivity index (χ4n) is 4.60. The number of nitrogen functional groups attached to an aromatic ring is 1. The second kappa shape index (κ2) is 10.5. The highest BCUT2D eigenvalue weighted by atomic mass is 32.1. The molecule has 0 saturated heterocycles. The molecule has 40 heavy (non-hydrogen) atoms. The molecule has 11 heteroatoms. The Morgan fingerprint density at radius 3 is 2.75 bits per heavy atom. The van der Waals surface area contributed by atoms with Crippen molar-refractivity contribution in [3.63, 3.8) is 0 Å². The molecule has 4 heterocycles. The Balaban J connectivity index is 1.39. The second-order valence-electron chi connectivity index (χ2n) is 9.19. The molecule has 0 aliphatic carbocycles. The van der Waals surface area contributed by atoms with E-state index in [1.165, 1.54) is 15.9 Å². The van der Waals surface area contributed by atoms with Gasteiger partial charge in [0.25, 0.3) is 11.5 Å². The maximum Gasteiger partial charge on any atom is 0.266 e. The van der Waals surface area contributed by atoms with Crippen molar-refractivity contribution in [3.8, 4) is 5.69 Å². The van der Waals surface area contributed by atoms with E-state index in [0.29, 0.717) is 28.1 Å². The average molecular weight is 549 g/mol. The van der Waals surface area contributed by atoms with Crippen molar-refractivity contribution >= 4 is 51.8 Å². The van der Waals surface area contributed by atoms with Gasteiger partial charge in [0, 0.05) is 30.2 Å². The molecule has 6 aromatic rings. The van der Waals surface area contributed by atoms with Gasteiger partial charge in [0.2, 0.25) is 0 Å². The van der Waals surface area contributed by atoms with E-state index >= 15 is 0 Å². The highest BCUT2D eigenvalue weighted by Crippen LogP contribution is 2.23. The molecule has 0 saturated carbocycles. The lowest BCUT2D eigenvalue weighted by Gasteiger charge is -2.19. The van der Waals surface area contributed by atoms with Crippen LogP contribution in [0.15, 0.2) is 82.7 Å². The third kappa shape index (κ3) is 4.63. The van der Waals surface area contributed by atoms with Crippen LogP contribution in [0.5, 0.6) is 0 Å². The van der Waals surface area contributed by atoms with Crippen molar-refractivity contribution in [1.82, 2.24) is 34.4 Å². The number of hydrogen-bond donors (Lipinski definition) is 2. The number of fused-ring (bicyclic) bond motifs is 2. The lowest BCUT2D eigenvalue weighted by atomic mass is 10.1. The van der Waals surface area contributed by atoms with Gasteiger partial charge in [0.15, 0.2) is 11.5 Å². The van der Waals surface area contributed by atoms with Gasteiger partial charge in [0.1, 0.15) is 11.4 Å². The topological polar surface area (TPSA) is 133 Å². The first kappa shape index (κ1) is 25.1. The minimum absolute atomic E-state index is 0.0899. The van der Waals surface area contributed by atoms with E-state index < -0.39 is 5.91 Å². The van der Waals surface area contributed by atoms with Gasteiger partial charge in [-0.25, -0.2) is 19.5 Å². The van der Waals surface area contributed by atoms with Crippen LogP contribution in [0.1, 0.15) is 40.3 Å². The van der Waals surface area contributed by atoms with Gasteiger partial charge in [0.05, 0.1) is 27.8 Å². The summed E-state index contributed by atoms with van der Waals surface area (Å²) >= 11 is 1.51. The number of anilines is 1. The number of para-hydroxylation sites is 1. The monoisotopic (exact) mass is 548 g/mol. The predicted octanol–water partition coefficient (Wildman–Crippen LogP) is 4.17. The molecule has 0 unspecified atom stereocenters. The SMILES string of the molecule is C[C@@H](CNC(=O)c1c(N)nn2cccnc12)c1nc2cccc(/C=C/c3cscn3)c2c(=O)n1-c1ccccc1. The maximum absolute atomic E-state index is 14.1. The van der Waals surface area contributed by atoms with Crippen LogP contribution >= 0.6 is 11.3 Å². The first-order chi connectivity index (χ1) is 19.5. The van der Waals surface area contributed by atoms with Crippen molar-refractivity contribution in [3.05, 3.63) is 111 Å². The Labute approximate surface area is 232 Å². The predicted molar refractivity (Wildman–Crippen MR) is 157 cm³/mol. The third-order valence-corrected chi connectivity index (χ3v) is 7.12. The van der Waals surface area contributed by atoms with Crippen LogP contribution in [-0.4, -0.2) is 41.6 Å². The van der Waals surface area contributed by atoms with Crippen LogP contribution in [-0.2, 0) is 0 Å². The van der Waals surface area contributed by atoms with Gasteiger partial charge >= 0.3 is 0 Å². The molecule has 0 radical (unpaired) electrons. The lowest BCUT2D eigenvalue weighted by molar-refractivity contribution is 0.0953. The lowest BCUT2D eigenvalue weighted by Crippen LogP contribution is -2.32. The molecule has 0 fully saturated rings. The molecule has 4 aromatic heterocycles. The van der Waals surface area contributed by atoms with Gasteiger partial charge in [-0.2, -0.15) is 0 Å². The van der Waals surface area contributed by atoms with Crippen LogP contribution in [0.4, 0.5) is 5.82 Å². The zero-order valence-electron chi connectivity index (χ0n) is 21.4. The van der Waals surface area contributed by atoms with E-state index in [4.69, 9.17) is 10.7 Å². The molecule has 0 bridgehead atoms. The average Bonchev–Trinajstić information content (AvgIpc) is 3.61. The zero-order chi connectivity index (χ0) is 27.6. The van der Waals surface area contributed by atoms with E-state index in [-0.39, 0.29) is 29.4 Å². The summed E-state index contributed by atoms with van der Waals surface area (Å²) < 4.78 is 3.08. The minimum atomic E-state index is -0.401. The molecule has 6 rings (SSSR count). The quantitative estimate of drug-likeness (QED) is 0.306. The van der Waals surface area contributed by atoms with Crippen molar-refractivity contribution in [2.75, 3.05) is 12.3 Å². The number of benzene rings is 2. The standard InChI is InChI=1S/C29H24N8O2S/c1-18(15-32-28(38)24-25(30)35-36-14-6-13-31-27(24)36)26-34-22-10-5-7-19(11-12-20-16-40-17-33-20)23(22)29(39)37(26)21-8-3-2-4-9-21/h2-14,16-18H,15H2,1H3,(H2,30,35)(H,32,38)/b12-11+/t18-/m0/s1. The van der Waals surface area contributed by atoms with E-state index in [1.54, 1.807) is 28.5 Å². The summed E-state index contributed by atoms with van der Waals surface area (Å²) in [4.78, 5) is 40.7. The molecular weight excluding hydrogens is 524 g/mol. The fourth-order valence-corrected chi connectivity index (χ4v) is 5.12. The number of carbonyl (C=O) groups is 1. The number of hydrogen-bond acceptors (Lipinski definition) is 8. The van der Waals surface area contributed by atoms with Crippen molar-refractivity contribution in [2.45, 2.75) is 12.8 Å². The summed E-state index contributed by atoms with van der Waals surface area (Å²) in [5.41, 5.74) is 11.0. The van der Waals surface area contributed by atoms with Crippen molar-refractivity contribution in [2.24, 2.45) is 0 Å². The Kier molecular flexibility index (Phi) is 6.62. The van der Waals surface area contributed by atoms with Crippen molar-refractivity contribution in [1.29, 1.82) is 0 Å². The molecule has 0 aliphatic heterocycles. The highest BCUT2D eigenvalue weighted by molar-refractivity contribution is 7.07. The van der Waals surface area contributed by atoms with E-state index in [1.807, 2.05) is 73.0 Å². The molecular formula is C29H24N8O2S. The number of nitrogens with zero attached hydrogens (tertiary/aromatic N) is 6. The number of amides is 1. The first-order valence-corrected chi connectivity index (χ1v) is 13.5. The number of carbonyl (C=O) groups excluding carboxylic acids is 1. The van der Waals surface area contributed by atoms with Crippen LogP contribution in [0.2, 0.25) is 0 Å². The van der Waals surface area contributed by atoms with Crippen LogP contribution in [0, 0.1) is 0 Å². The van der Waals surface area contributed by atoms with E-state index in [2.05, 4.69) is 20.4 Å². The molecule has 3 N–H and O–H groups in total. The van der Waals surface area contributed by atoms with Gasteiger partial charge in [-0.05, 0) is 35.9 Å². The summed E-state index contributed by atoms with van der Waals surface area (Å²) in [7, 11) is 0. The Hall–Kier alpha value is -5.16. The molecule has 0 spiro atoms. The second-order valence-corrected chi connectivity index (χ2v) is 9.91. The number of thiazole rings is 1. The molecule has 198 valence electrons. The summed E-state index contributed by atoms with van der Waals surface area (Å²) in [6.45, 7) is 2.12. The van der Waals surface area contributed by atoms with Gasteiger partial charge in [-0.3, -0.25) is 14.2 Å².